The first kappa shape index (κ1) is 15.6. The van der Waals surface area contributed by atoms with Crippen LogP contribution in [0, 0.1) is 0 Å². The zero-order valence-corrected chi connectivity index (χ0v) is 11.0. The van der Waals surface area contributed by atoms with Gasteiger partial charge in [0, 0.05) is 31.1 Å². The first-order valence-corrected chi connectivity index (χ1v) is 5.72. The molecule has 0 rings (SSSR count). The molecule has 98 valence electrons. The lowest BCUT2D eigenvalue weighted by molar-refractivity contribution is -0.136. The fraction of sp³-hybridized carbons (Fsp3) is 0.667. The second-order valence-electron chi connectivity index (χ2n) is 4.06. The first-order valence-electron chi connectivity index (χ1n) is 5.72. The lowest BCUT2D eigenvalue weighted by atomic mass is 10.3. The highest BCUT2D eigenvalue weighted by atomic mass is 16.5. The first-order chi connectivity index (χ1) is 7.97. The van der Waals surface area contributed by atoms with Crippen molar-refractivity contribution in [3.63, 3.8) is 0 Å². The Hall–Kier alpha value is -1.36. The van der Waals surface area contributed by atoms with E-state index in [0.717, 1.165) is 0 Å². The number of nitrogens with one attached hydrogen (secondary N) is 2. The molecule has 0 aromatic heterocycles. The number of hydrogen-bond donors (Lipinski definition) is 2. The Morgan fingerprint density at radius 1 is 1.35 bits per heavy atom. The van der Waals surface area contributed by atoms with E-state index in [1.165, 1.54) is 7.11 Å². The highest BCUT2D eigenvalue weighted by Crippen LogP contribution is 1.93. The molecule has 0 aliphatic heterocycles. The Bertz CT molecular complexity index is 285. The highest BCUT2D eigenvalue weighted by molar-refractivity contribution is 5.87. The van der Waals surface area contributed by atoms with E-state index in [-0.39, 0.29) is 17.9 Å². The van der Waals surface area contributed by atoms with Crippen LogP contribution in [0.5, 0.6) is 0 Å². The summed E-state index contributed by atoms with van der Waals surface area (Å²) in [6, 6.07) is 0.170. The van der Waals surface area contributed by atoms with Crippen LogP contribution in [-0.4, -0.2) is 38.1 Å². The predicted octanol–water partition coefficient (Wildman–Crippen LogP) is 0.610. The molecular weight excluding hydrogens is 220 g/mol. The minimum Gasteiger partial charge on any atom is -0.466 e. The Morgan fingerprint density at radius 3 is 2.53 bits per heavy atom. The molecule has 0 saturated carbocycles. The van der Waals surface area contributed by atoms with Crippen molar-refractivity contribution in [3.8, 4) is 0 Å². The molecule has 0 heterocycles. The smallest absolute Gasteiger partial charge is 0.333 e. The van der Waals surface area contributed by atoms with E-state index in [0.29, 0.717) is 25.1 Å². The molecule has 0 aromatic carbocycles. The number of ether oxygens (including phenoxy) is 1. The number of amides is 1. The molecule has 1 amide bonds. The van der Waals surface area contributed by atoms with Crippen molar-refractivity contribution < 1.29 is 14.3 Å². The molecule has 2 N–H and O–H groups in total. The van der Waals surface area contributed by atoms with Crippen LogP contribution < -0.4 is 10.6 Å². The van der Waals surface area contributed by atoms with E-state index in [1.807, 2.05) is 13.8 Å². The number of hydrogen-bond acceptors (Lipinski definition) is 4. The SMILES string of the molecule is COC(=O)C(C)=CCNCCC(=O)NC(C)C. The third-order valence-electron chi connectivity index (χ3n) is 2.04. The molecule has 0 spiro atoms. The van der Waals surface area contributed by atoms with Gasteiger partial charge in [-0.15, -0.1) is 0 Å². The zero-order chi connectivity index (χ0) is 13.3. The highest BCUT2D eigenvalue weighted by Gasteiger charge is 2.03. The molecule has 17 heavy (non-hydrogen) atoms. The van der Waals surface area contributed by atoms with E-state index in [2.05, 4.69) is 15.4 Å². The summed E-state index contributed by atoms with van der Waals surface area (Å²) >= 11 is 0. The standard InChI is InChI=1S/C12H22N2O3/c1-9(2)14-11(15)6-8-13-7-5-10(3)12(16)17-4/h5,9,13H,6-8H2,1-4H3,(H,14,15). The zero-order valence-electron chi connectivity index (χ0n) is 11.0. The van der Waals surface area contributed by atoms with Gasteiger partial charge in [0.1, 0.15) is 0 Å². The van der Waals surface area contributed by atoms with Gasteiger partial charge >= 0.3 is 5.97 Å². The molecule has 0 aliphatic rings. The van der Waals surface area contributed by atoms with Gasteiger partial charge in [-0.3, -0.25) is 4.79 Å². The molecule has 0 unspecified atom stereocenters. The monoisotopic (exact) mass is 242 g/mol. The summed E-state index contributed by atoms with van der Waals surface area (Å²) in [5.41, 5.74) is 0.562. The number of carbonyl (C=O) groups excluding carboxylic acids is 2. The number of carbonyl (C=O) groups is 2. The Morgan fingerprint density at radius 2 is 2.00 bits per heavy atom. The maximum Gasteiger partial charge on any atom is 0.333 e. The van der Waals surface area contributed by atoms with Crippen molar-refractivity contribution in [2.45, 2.75) is 33.2 Å². The molecule has 5 nitrogen and oxygen atoms in total. The van der Waals surface area contributed by atoms with Gasteiger partial charge in [-0.1, -0.05) is 6.08 Å². The lowest BCUT2D eigenvalue weighted by Gasteiger charge is -2.08. The van der Waals surface area contributed by atoms with E-state index < -0.39 is 0 Å². The van der Waals surface area contributed by atoms with Gasteiger partial charge in [0.15, 0.2) is 0 Å². The van der Waals surface area contributed by atoms with Crippen LogP contribution in [0.2, 0.25) is 0 Å². The van der Waals surface area contributed by atoms with Gasteiger partial charge in [0.2, 0.25) is 5.91 Å². The van der Waals surface area contributed by atoms with Crippen molar-refractivity contribution in [2.75, 3.05) is 20.2 Å². The second-order valence-corrected chi connectivity index (χ2v) is 4.06. The van der Waals surface area contributed by atoms with Crippen LogP contribution in [0.1, 0.15) is 27.2 Å². The van der Waals surface area contributed by atoms with Gasteiger partial charge in [-0.25, -0.2) is 4.79 Å². The van der Waals surface area contributed by atoms with Crippen molar-refractivity contribution in [1.82, 2.24) is 10.6 Å². The van der Waals surface area contributed by atoms with Crippen LogP contribution >= 0.6 is 0 Å². The lowest BCUT2D eigenvalue weighted by Crippen LogP contribution is -2.32. The summed E-state index contributed by atoms with van der Waals surface area (Å²) in [4.78, 5) is 22.3. The van der Waals surface area contributed by atoms with Gasteiger partial charge in [0.25, 0.3) is 0 Å². The molecule has 0 bridgehead atoms. The molecule has 0 saturated heterocycles. The average molecular weight is 242 g/mol. The largest absolute Gasteiger partial charge is 0.466 e. The summed E-state index contributed by atoms with van der Waals surface area (Å²) in [7, 11) is 1.35. The number of esters is 1. The molecule has 5 heteroatoms. The molecule has 0 radical (unpaired) electrons. The third-order valence-corrected chi connectivity index (χ3v) is 2.04. The van der Waals surface area contributed by atoms with E-state index in [9.17, 15) is 9.59 Å². The third kappa shape index (κ3) is 8.45. The molecule has 0 fully saturated rings. The average Bonchev–Trinajstić information content (AvgIpc) is 2.26. The predicted molar refractivity (Wildman–Crippen MR) is 66.5 cm³/mol. The topological polar surface area (TPSA) is 67.4 Å². The van der Waals surface area contributed by atoms with Crippen molar-refractivity contribution in [1.29, 1.82) is 0 Å². The van der Waals surface area contributed by atoms with Gasteiger partial charge < -0.3 is 15.4 Å². The molecule has 0 atom stereocenters. The van der Waals surface area contributed by atoms with Gasteiger partial charge in [0.05, 0.1) is 7.11 Å². The van der Waals surface area contributed by atoms with E-state index in [1.54, 1.807) is 13.0 Å². The normalized spacial score (nSPS) is 11.5. The number of rotatable bonds is 7. The van der Waals surface area contributed by atoms with E-state index >= 15 is 0 Å². The van der Waals surface area contributed by atoms with Crippen LogP contribution in [0.15, 0.2) is 11.6 Å². The van der Waals surface area contributed by atoms with Crippen LogP contribution in [0.4, 0.5) is 0 Å². The summed E-state index contributed by atoms with van der Waals surface area (Å²) in [5, 5.41) is 5.86. The van der Waals surface area contributed by atoms with Gasteiger partial charge in [-0.05, 0) is 20.8 Å². The van der Waals surface area contributed by atoms with Crippen molar-refractivity contribution in [3.05, 3.63) is 11.6 Å². The van der Waals surface area contributed by atoms with E-state index in [4.69, 9.17) is 0 Å². The quantitative estimate of drug-likeness (QED) is 0.390. The second kappa shape index (κ2) is 8.75. The molecule has 0 aromatic rings. The van der Waals surface area contributed by atoms with Crippen molar-refractivity contribution >= 4 is 11.9 Å². The Kier molecular flexibility index (Phi) is 8.05. The minimum absolute atomic E-state index is 0.0289. The van der Waals surface area contributed by atoms with Crippen LogP contribution in [-0.2, 0) is 14.3 Å². The van der Waals surface area contributed by atoms with Crippen LogP contribution in [0.3, 0.4) is 0 Å². The Balaban J connectivity index is 3.65. The fourth-order valence-corrected chi connectivity index (χ4v) is 1.17. The maximum absolute atomic E-state index is 11.3. The Labute approximate surface area is 103 Å². The summed E-state index contributed by atoms with van der Waals surface area (Å²) in [6.45, 7) is 6.68. The summed E-state index contributed by atoms with van der Waals surface area (Å²) in [5.74, 6) is -0.300. The molecular formula is C12H22N2O3. The maximum atomic E-state index is 11.3. The minimum atomic E-state index is -0.329. The van der Waals surface area contributed by atoms with Crippen LogP contribution in [0.25, 0.3) is 0 Å². The number of methoxy groups -OCH3 is 1. The fourth-order valence-electron chi connectivity index (χ4n) is 1.17. The van der Waals surface area contributed by atoms with Gasteiger partial charge in [-0.2, -0.15) is 0 Å². The van der Waals surface area contributed by atoms with Crippen molar-refractivity contribution in [2.24, 2.45) is 0 Å². The summed E-state index contributed by atoms with van der Waals surface area (Å²) in [6.07, 6.45) is 2.18. The summed E-state index contributed by atoms with van der Waals surface area (Å²) < 4.78 is 4.55. The molecule has 0 aliphatic carbocycles.